The summed E-state index contributed by atoms with van der Waals surface area (Å²) in [6.45, 7) is 6.18. The molecule has 0 bridgehead atoms. The van der Waals surface area contributed by atoms with Crippen LogP contribution in [0.25, 0.3) is 0 Å². The summed E-state index contributed by atoms with van der Waals surface area (Å²) in [5.74, 6) is 3.31. The summed E-state index contributed by atoms with van der Waals surface area (Å²) in [5.41, 5.74) is -0.0661. The first kappa shape index (κ1) is 11.9. The van der Waals surface area contributed by atoms with E-state index in [1.54, 1.807) is 7.05 Å². The second-order valence-corrected chi connectivity index (χ2v) is 5.38. The van der Waals surface area contributed by atoms with Crippen LogP contribution in [-0.4, -0.2) is 29.2 Å². The molecule has 1 saturated carbocycles. The standard InChI is InChI=1S/C12H19NO2/c1-6-8-7-9(8)10(12(2,3)4)13(5)11(14)15/h1,8-10H,7H2,2-5H3,(H,14,15)/t8-,9-,10+/m0/s1. The van der Waals surface area contributed by atoms with Crippen molar-refractivity contribution in [3.05, 3.63) is 0 Å². The molecule has 3 heteroatoms. The Hall–Kier alpha value is -1.17. The van der Waals surface area contributed by atoms with Crippen LogP contribution >= 0.6 is 0 Å². The third-order valence-electron chi connectivity index (χ3n) is 3.07. The van der Waals surface area contributed by atoms with Crippen LogP contribution in [0.1, 0.15) is 27.2 Å². The zero-order valence-corrected chi connectivity index (χ0v) is 9.82. The molecule has 0 radical (unpaired) electrons. The molecule has 0 heterocycles. The Kier molecular flexibility index (Phi) is 2.99. The Morgan fingerprint density at radius 3 is 2.40 bits per heavy atom. The van der Waals surface area contributed by atoms with Gasteiger partial charge < -0.3 is 10.0 Å². The smallest absolute Gasteiger partial charge is 0.407 e. The fourth-order valence-electron chi connectivity index (χ4n) is 2.38. The van der Waals surface area contributed by atoms with Crippen molar-refractivity contribution in [1.29, 1.82) is 0 Å². The number of amides is 1. The second kappa shape index (κ2) is 3.77. The fourth-order valence-corrected chi connectivity index (χ4v) is 2.38. The summed E-state index contributed by atoms with van der Waals surface area (Å²) in [6, 6.07) is 0.0102. The van der Waals surface area contributed by atoms with E-state index >= 15 is 0 Å². The lowest BCUT2D eigenvalue weighted by Gasteiger charge is -2.37. The monoisotopic (exact) mass is 209 g/mol. The molecule has 1 N–H and O–H groups in total. The van der Waals surface area contributed by atoms with Crippen LogP contribution in [0.3, 0.4) is 0 Å². The molecule has 0 spiro atoms. The molecular weight excluding hydrogens is 190 g/mol. The highest BCUT2D eigenvalue weighted by atomic mass is 16.4. The molecule has 1 fully saturated rings. The average molecular weight is 209 g/mol. The number of hydrogen-bond acceptors (Lipinski definition) is 1. The van der Waals surface area contributed by atoms with Crippen LogP contribution in [0.2, 0.25) is 0 Å². The first-order valence-electron chi connectivity index (χ1n) is 5.21. The first-order chi connectivity index (χ1) is 6.79. The lowest BCUT2D eigenvalue weighted by atomic mass is 9.82. The van der Waals surface area contributed by atoms with E-state index in [9.17, 15) is 4.79 Å². The molecule has 15 heavy (non-hydrogen) atoms. The molecule has 3 nitrogen and oxygen atoms in total. The molecule has 3 atom stereocenters. The minimum absolute atomic E-state index is 0.0102. The van der Waals surface area contributed by atoms with Gasteiger partial charge in [-0.2, -0.15) is 0 Å². The number of carbonyl (C=O) groups is 1. The molecule has 84 valence electrons. The molecular formula is C12H19NO2. The van der Waals surface area contributed by atoms with Crippen LogP contribution in [0, 0.1) is 29.6 Å². The van der Waals surface area contributed by atoms with Crippen LogP contribution in [0.5, 0.6) is 0 Å². The van der Waals surface area contributed by atoms with Gasteiger partial charge in [0.25, 0.3) is 0 Å². The predicted molar refractivity (Wildman–Crippen MR) is 59.5 cm³/mol. The SMILES string of the molecule is C#C[C@H]1C[C@@H]1[C@@H](N(C)C(=O)O)C(C)(C)C. The third kappa shape index (κ3) is 2.44. The van der Waals surface area contributed by atoms with Gasteiger partial charge in [0.1, 0.15) is 0 Å². The number of terminal acetylenes is 1. The van der Waals surface area contributed by atoms with Gasteiger partial charge in [0.15, 0.2) is 0 Å². The van der Waals surface area contributed by atoms with E-state index in [0.29, 0.717) is 5.92 Å². The molecule has 0 aliphatic heterocycles. The van der Waals surface area contributed by atoms with Gasteiger partial charge >= 0.3 is 6.09 Å². The zero-order chi connectivity index (χ0) is 11.8. The zero-order valence-electron chi connectivity index (χ0n) is 9.82. The van der Waals surface area contributed by atoms with Gasteiger partial charge in [0.05, 0.1) is 0 Å². The van der Waals surface area contributed by atoms with Crippen LogP contribution in [-0.2, 0) is 0 Å². The second-order valence-electron chi connectivity index (χ2n) is 5.38. The van der Waals surface area contributed by atoms with Gasteiger partial charge in [-0.1, -0.05) is 20.8 Å². The summed E-state index contributed by atoms with van der Waals surface area (Å²) in [4.78, 5) is 12.4. The van der Waals surface area contributed by atoms with Gasteiger partial charge in [-0.3, -0.25) is 0 Å². The third-order valence-corrected chi connectivity index (χ3v) is 3.07. The minimum Gasteiger partial charge on any atom is -0.465 e. The van der Waals surface area contributed by atoms with Gasteiger partial charge in [-0.05, 0) is 17.8 Å². The summed E-state index contributed by atoms with van der Waals surface area (Å²) < 4.78 is 0. The fraction of sp³-hybridized carbons (Fsp3) is 0.750. The Morgan fingerprint density at radius 2 is 2.13 bits per heavy atom. The van der Waals surface area contributed by atoms with Crippen molar-refractivity contribution < 1.29 is 9.90 Å². The predicted octanol–water partition coefficient (Wildman–Crippen LogP) is 2.28. The number of nitrogens with zero attached hydrogens (tertiary/aromatic N) is 1. The van der Waals surface area contributed by atoms with Gasteiger partial charge in [-0.15, -0.1) is 12.3 Å². The highest BCUT2D eigenvalue weighted by Crippen LogP contribution is 2.47. The van der Waals surface area contributed by atoms with E-state index in [4.69, 9.17) is 11.5 Å². The van der Waals surface area contributed by atoms with Crippen LogP contribution in [0.4, 0.5) is 4.79 Å². The Morgan fingerprint density at radius 1 is 1.60 bits per heavy atom. The van der Waals surface area contributed by atoms with E-state index in [2.05, 4.69) is 26.7 Å². The average Bonchev–Trinajstić information content (AvgIpc) is 2.81. The van der Waals surface area contributed by atoms with E-state index in [1.807, 2.05) is 0 Å². The lowest BCUT2D eigenvalue weighted by molar-refractivity contribution is 0.0861. The number of carboxylic acid groups (broad SMARTS) is 1. The molecule has 1 rings (SSSR count). The Balaban J connectivity index is 2.82. The number of rotatable bonds is 2. The van der Waals surface area contributed by atoms with E-state index in [0.717, 1.165) is 6.42 Å². The molecule has 0 aromatic carbocycles. The minimum atomic E-state index is -0.877. The molecule has 1 amide bonds. The van der Waals surface area contributed by atoms with E-state index in [1.165, 1.54) is 4.90 Å². The number of hydrogen-bond donors (Lipinski definition) is 1. The van der Waals surface area contributed by atoms with Gasteiger partial charge in [0, 0.05) is 19.0 Å². The molecule has 0 saturated heterocycles. The summed E-state index contributed by atoms with van der Waals surface area (Å²) in [6.07, 6.45) is 5.44. The summed E-state index contributed by atoms with van der Waals surface area (Å²) in [7, 11) is 1.63. The van der Waals surface area contributed by atoms with Crippen molar-refractivity contribution in [2.24, 2.45) is 17.3 Å². The Bertz CT molecular complexity index is 298. The summed E-state index contributed by atoms with van der Waals surface area (Å²) >= 11 is 0. The molecule has 0 aromatic heterocycles. The first-order valence-corrected chi connectivity index (χ1v) is 5.21. The van der Waals surface area contributed by atoms with Crippen molar-refractivity contribution in [3.63, 3.8) is 0 Å². The maximum absolute atomic E-state index is 11.0. The summed E-state index contributed by atoms with van der Waals surface area (Å²) in [5, 5.41) is 9.03. The van der Waals surface area contributed by atoms with Crippen molar-refractivity contribution in [1.82, 2.24) is 4.90 Å². The van der Waals surface area contributed by atoms with E-state index < -0.39 is 6.09 Å². The molecule has 0 unspecified atom stereocenters. The topological polar surface area (TPSA) is 40.5 Å². The van der Waals surface area contributed by atoms with Crippen molar-refractivity contribution in [2.75, 3.05) is 7.05 Å². The van der Waals surface area contributed by atoms with Crippen molar-refractivity contribution in [2.45, 2.75) is 33.2 Å². The lowest BCUT2D eigenvalue weighted by Crippen LogP contribution is -2.46. The van der Waals surface area contributed by atoms with Crippen LogP contribution in [0.15, 0.2) is 0 Å². The van der Waals surface area contributed by atoms with Crippen LogP contribution < -0.4 is 0 Å². The molecule has 0 aromatic rings. The van der Waals surface area contributed by atoms with E-state index in [-0.39, 0.29) is 17.4 Å². The maximum atomic E-state index is 11.0. The van der Waals surface area contributed by atoms with Gasteiger partial charge in [-0.25, -0.2) is 4.79 Å². The highest BCUT2D eigenvalue weighted by molar-refractivity contribution is 5.65. The van der Waals surface area contributed by atoms with Gasteiger partial charge in [0.2, 0.25) is 0 Å². The molecule has 1 aliphatic carbocycles. The van der Waals surface area contributed by atoms with Crippen molar-refractivity contribution in [3.8, 4) is 12.3 Å². The largest absolute Gasteiger partial charge is 0.465 e. The highest BCUT2D eigenvalue weighted by Gasteiger charge is 2.49. The Labute approximate surface area is 91.5 Å². The molecule has 1 aliphatic rings. The van der Waals surface area contributed by atoms with Crippen molar-refractivity contribution >= 4 is 6.09 Å². The quantitative estimate of drug-likeness (QED) is 0.709. The maximum Gasteiger partial charge on any atom is 0.407 e. The normalized spacial score (nSPS) is 26.6.